The third-order valence-corrected chi connectivity index (χ3v) is 13.0. The molecular weight excluding hydrogens is 813 g/mol. The number of hydrogen-bond acceptors (Lipinski definition) is 1. The molecule has 2 heterocycles. The van der Waals surface area contributed by atoms with E-state index in [1.54, 1.807) is 0 Å². The number of rotatable bonds is 9. The van der Waals surface area contributed by atoms with Gasteiger partial charge in [-0.3, -0.25) is 0 Å². The molecule has 0 aliphatic carbocycles. The molecule has 0 saturated heterocycles. The van der Waals surface area contributed by atoms with Crippen LogP contribution in [0.3, 0.4) is 0 Å². The molecule has 12 aromatic rings. The zero-order chi connectivity index (χ0) is 44.1. The van der Waals surface area contributed by atoms with Gasteiger partial charge < -0.3 is 14.0 Å². The number of aromatic nitrogens is 2. The maximum Gasteiger partial charge on any atom is 0.123 e. The number of nitrogens with zero attached hydrogens (tertiary/aromatic N) is 3. The van der Waals surface area contributed by atoms with Gasteiger partial charge in [-0.25, -0.2) is 8.78 Å². The molecule has 3 nitrogen and oxygen atoms in total. The van der Waals surface area contributed by atoms with Crippen LogP contribution in [-0.4, -0.2) is 9.13 Å². The van der Waals surface area contributed by atoms with Crippen LogP contribution < -0.4 is 4.90 Å². The largest absolute Gasteiger partial charge is 0.310 e. The van der Waals surface area contributed by atoms with Crippen molar-refractivity contribution in [2.75, 3.05) is 4.90 Å². The number of fused-ring (bicyclic) bond motifs is 6. The lowest BCUT2D eigenvalue weighted by atomic mass is 9.84. The minimum atomic E-state index is -0.253. The number of para-hydroxylation sites is 3. The lowest BCUT2D eigenvalue weighted by molar-refractivity contribution is 0.627. The Morgan fingerprint density at radius 3 is 1.29 bits per heavy atom. The average molecular weight is 854 g/mol. The Balaban J connectivity index is 0.898. The molecule has 314 valence electrons. The van der Waals surface area contributed by atoms with Crippen LogP contribution in [0.25, 0.3) is 66.1 Å². The number of benzene rings is 10. The minimum absolute atomic E-state index is 0.00134. The van der Waals surface area contributed by atoms with E-state index in [0.717, 1.165) is 83.2 Å². The Hall–Kier alpha value is -8.54. The van der Waals surface area contributed by atoms with Crippen molar-refractivity contribution >= 4 is 60.7 Å². The first-order valence-electron chi connectivity index (χ1n) is 22.2. The van der Waals surface area contributed by atoms with Crippen LogP contribution in [0.5, 0.6) is 0 Å². The molecule has 0 bridgehead atoms. The number of hydrogen-bond donors (Lipinski definition) is 0. The maximum atomic E-state index is 14.0. The van der Waals surface area contributed by atoms with Crippen molar-refractivity contribution < 1.29 is 8.78 Å². The summed E-state index contributed by atoms with van der Waals surface area (Å²) >= 11 is 0. The Labute approximate surface area is 381 Å². The van der Waals surface area contributed by atoms with Crippen molar-refractivity contribution in [3.63, 3.8) is 0 Å². The molecule has 2 aromatic heterocycles. The minimum Gasteiger partial charge on any atom is -0.310 e. The monoisotopic (exact) mass is 853 g/mol. The van der Waals surface area contributed by atoms with E-state index in [-0.39, 0.29) is 17.6 Å². The predicted molar refractivity (Wildman–Crippen MR) is 269 cm³/mol. The lowest BCUT2D eigenvalue weighted by Crippen LogP contribution is -2.09. The summed E-state index contributed by atoms with van der Waals surface area (Å²) in [4.78, 5) is 2.30. The highest BCUT2D eigenvalue weighted by molar-refractivity contribution is 6.11. The fourth-order valence-electron chi connectivity index (χ4n) is 9.92. The summed E-state index contributed by atoms with van der Waals surface area (Å²) in [5.74, 6) is -0.501. The maximum absolute atomic E-state index is 14.0. The molecule has 0 spiro atoms. The Kier molecular flexibility index (Phi) is 9.61. The summed E-state index contributed by atoms with van der Waals surface area (Å²) in [6.07, 6.45) is 0. The van der Waals surface area contributed by atoms with E-state index in [1.807, 2.05) is 36.4 Å². The van der Waals surface area contributed by atoms with Gasteiger partial charge in [-0.15, -0.1) is 0 Å². The first kappa shape index (κ1) is 39.1. The molecule has 0 aliphatic heterocycles. The van der Waals surface area contributed by atoms with Gasteiger partial charge in [0.25, 0.3) is 0 Å². The van der Waals surface area contributed by atoms with E-state index in [9.17, 15) is 8.78 Å². The Bertz CT molecular complexity index is 3440. The molecule has 0 saturated carbocycles. The van der Waals surface area contributed by atoms with E-state index in [0.29, 0.717) is 0 Å². The van der Waals surface area contributed by atoms with Gasteiger partial charge in [0.1, 0.15) is 11.6 Å². The molecule has 1 unspecified atom stereocenters. The van der Waals surface area contributed by atoms with Crippen LogP contribution in [0.15, 0.2) is 243 Å². The number of halogens is 2. The summed E-state index contributed by atoms with van der Waals surface area (Å²) in [7, 11) is 0. The van der Waals surface area contributed by atoms with Crippen molar-refractivity contribution in [1.82, 2.24) is 9.13 Å². The fourth-order valence-corrected chi connectivity index (χ4v) is 9.92. The Morgan fingerprint density at radius 2 is 0.712 bits per heavy atom. The highest BCUT2D eigenvalue weighted by Crippen LogP contribution is 2.42. The highest BCUT2D eigenvalue weighted by Gasteiger charge is 2.21. The van der Waals surface area contributed by atoms with E-state index >= 15 is 0 Å². The summed E-state index contributed by atoms with van der Waals surface area (Å²) in [6.45, 7) is 0. The third-order valence-electron chi connectivity index (χ3n) is 13.0. The molecule has 0 aliphatic rings. The van der Waals surface area contributed by atoms with Gasteiger partial charge in [0.2, 0.25) is 0 Å². The average Bonchev–Trinajstić information content (AvgIpc) is 3.88. The van der Waals surface area contributed by atoms with Gasteiger partial charge in [0, 0.05) is 55.9 Å². The van der Waals surface area contributed by atoms with Crippen molar-refractivity contribution in [2.45, 2.75) is 5.92 Å². The molecule has 0 fully saturated rings. The van der Waals surface area contributed by atoms with E-state index < -0.39 is 0 Å². The first-order chi connectivity index (χ1) is 32.6. The highest BCUT2D eigenvalue weighted by atomic mass is 19.1. The molecule has 5 heteroatoms. The first-order valence-corrected chi connectivity index (χ1v) is 22.2. The second-order valence-corrected chi connectivity index (χ2v) is 16.8. The smallest absolute Gasteiger partial charge is 0.123 e. The van der Waals surface area contributed by atoms with E-state index in [2.05, 4.69) is 196 Å². The molecule has 12 rings (SSSR count). The predicted octanol–water partition coefficient (Wildman–Crippen LogP) is 16.5. The lowest BCUT2D eigenvalue weighted by Gasteiger charge is -2.26. The fraction of sp³-hybridized carbons (Fsp3) is 0.0164. The zero-order valence-corrected chi connectivity index (χ0v) is 35.8. The van der Waals surface area contributed by atoms with Gasteiger partial charge >= 0.3 is 0 Å². The molecule has 66 heavy (non-hydrogen) atoms. The molecular formula is C61H41F2N3. The van der Waals surface area contributed by atoms with Gasteiger partial charge in [-0.05, 0) is 143 Å². The summed E-state index contributed by atoms with van der Waals surface area (Å²) < 4.78 is 32.4. The second-order valence-electron chi connectivity index (χ2n) is 16.8. The van der Waals surface area contributed by atoms with Crippen LogP contribution in [0.1, 0.15) is 22.6 Å². The van der Waals surface area contributed by atoms with Crippen LogP contribution in [0.4, 0.5) is 25.8 Å². The van der Waals surface area contributed by atoms with Gasteiger partial charge in [-0.2, -0.15) is 0 Å². The third kappa shape index (κ3) is 6.81. The van der Waals surface area contributed by atoms with Crippen molar-refractivity contribution in [3.8, 4) is 22.5 Å². The van der Waals surface area contributed by atoms with Crippen LogP contribution in [0, 0.1) is 11.6 Å². The SMILES string of the molecule is Fc1ccc(-n2c3ccccc3c3cc(C(c4ccccc4)c4ccc(-c5ccc(N(c6ccccc6)c6ccc7c(c6)c6ccccc6n7-c6ccc(F)cc6)cc5)cc4)ccc32)cc1. The van der Waals surface area contributed by atoms with Gasteiger partial charge in [-0.1, -0.05) is 127 Å². The standard InChI is InChI=1S/C61H41F2N3/c62-46-26-32-50(33-27-46)65-57-17-9-7-15-53(57)55-39-45(25-37-59(55)65)61(43-11-3-1-4-12-43)44-21-19-41(20-22-44)42-23-30-49(31-24-42)64(48-13-5-2-6-14-48)52-36-38-60-56(40-52)54-16-8-10-18-58(54)66(60)51-34-28-47(63)29-35-51/h1-40,61H. The van der Waals surface area contributed by atoms with Crippen molar-refractivity contribution in [3.05, 3.63) is 271 Å². The Morgan fingerprint density at radius 1 is 0.303 bits per heavy atom. The summed E-state index contributed by atoms with van der Waals surface area (Å²) in [5.41, 5.74) is 15.2. The topological polar surface area (TPSA) is 13.1 Å². The molecule has 10 aromatic carbocycles. The number of anilines is 3. The van der Waals surface area contributed by atoms with Crippen molar-refractivity contribution in [2.24, 2.45) is 0 Å². The zero-order valence-electron chi connectivity index (χ0n) is 35.8. The van der Waals surface area contributed by atoms with E-state index in [1.165, 1.54) is 41.0 Å². The van der Waals surface area contributed by atoms with Gasteiger partial charge in [0.05, 0.1) is 22.1 Å². The normalized spacial score (nSPS) is 12.0. The summed E-state index contributed by atoms with van der Waals surface area (Å²) in [6, 6.07) is 82.7. The molecule has 0 amide bonds. The molecule has 0 N–H and O–H groups in total. The molecule has 0 radical (unpaired) electrons. The van der Waals surface area contributed by atoms with Crippen LogP contribution in [-0.2, 0) is 0 Å². The van der Waals surface area contributed by atoms with Gasteiger partial charge in [0.15, 0.2) is 0 Å². The summed E-state index contributed by atoms with van der Waals surface area (Å²) in [5, 5.41) is 4.57. The van der Waals surface area contributed by atoms with Crippen LogP contribution >= 0.6 is 0 Å². The van der Waals surface area contributed by atoms with Crippen LogP contribution in [0.2, 0.25) is 0 Å². The van der Waals surface area contributed by atoms with Crippen molar-refractivity contribution in [1.29, 1.82) is 0 Å². The molecule has 1 atom stereocenters. The second kappa shape index (κ2) is 16.2. The van der Waals surface area contributed by atoms with E-state index in [4.69, 9.17) is 0 Å². The quantitative estimate of drug-likeness (QED) is 0.132.